The van der Waals surface area contributed by atoms with Gasteiger partial charge in [-0.2, -0.15) is 9.97 Å². The lowest BCUT2D eigenvalue weighted by molar-refractivity contribution is 0.107. The minimum absolute atomic E-state index is 0.0564. The number of halogens is 5. The Morgan fingerprint density at radius 2 is 1.76 bits per heavy atom. The van der Waals surface area contributed by atoms with Crippen LogP contribution in [-0.4, -0.2) is 78.0 Å². The second kappa shape index (κ2) is 13.9. The Bertz CT molecular complexity index is 2320. The van der Waals surface area contributed by atoms with Gasteiger partial charge >= 0.3 is 6.01 Å². The van der Waals surface area contributed by atoms with E-state index in [2.05, 4.69) is 68.0 Å². The van der Waals surface area contributed by atoms with Crippen LogP contribution in [0.2, 0.25) is 16.6 Å². The van der Waals surface area contributed by atoms with Gasteiger partial charge in [0.25, 0.3) is 0 Å². The predicted octanol–water partition coefficient (Wildman–Crippen LogP) is 9.31. The molecule has 0 spiro atoms. The fraction of sp³-hybridized carbons (Fsp3) is 0.548. The fourth-order valence-electron chi connectivity index (χ4n) is 10.2. The van der Waals surface area contributed by atoms with E-state index in [9.17, 15) is 4.39 Å². The highest BCUT2D eigenvalue weighted by molar-refractivity contribution is 6.90. The second-order valence-electron chi connectivity index (χ2n) is 16.9. The number of nitrogens with zero attached hydrogens (tertiary/aromatic N) is 5. The van der Waals surface area contributed by atoms with Crippen molar-refractivity contribution in [1.82, 2.24) is 19.9 Å². The Balaban J connectivity index is 1.34. The molecule has 2 aromatic heterocycles. The lowest BCUT2D eigenvalue weighted by atomic mass is 9.95. The number of piperidine rings is 1. The number of pyridine rings is 1. The second-order valence-corrected chi connectivity index (χ2v) is 22.5. The van der Waals surface area contributed by atoms with Crippen LogP contribution in [-0.2, 0) is 0 Å². The van der Waals surface area contributed by atoms with Crippen molar-refractivity contribution in [3.8, 4) is 28.7 Å². The highest BCUT2D eigenvalue weighted by atomic mass is 28.3. The fourth-order valence-corrected chi connectivity index (χ4v) is 15.4. The van der Waals surface area contributed by atoms with Gasteiger partial charge < -0.3 is 15.4 Å². The molecule has 4 aromatic rings. The highest BCUT2D eigenvalue weighted by Crippen LogP contribution is 2.49. The Labute approximate surface area is 323 Å². The molecule has 1 saturated carbocycles. The van der Waals surface area contributed by atoms with Crippen LogP contribution < -0.4 is 15.4 Å². The number of hydrogen-bond donors (Lipinski definition) is 1. The molecular weight excluding hydrogens is 728 g/mol. The Morgan fingerprint density at radius 1 is 1.02 bits per heavy atom. The van der Waals surface area contributed by atoms with Crippen molar-refractivity contribution in [2.24, 2.45) is 5.92 Å². The van der Waals surface area contributed by atoms with Gasteiger partial charge in [-0.25, -0.2) is 22.0 Å². The molecule has 3 saturated heterocycles. The molecule has 4 aliphatic rings. The quantitative estimate of drug-likeness (QED) is 0.0827. The summed E-state index contributed by atoms with van der Waals surface area (Å²) in [4.78, 5) is 17.1. The topological polar surface area (TPSA) is 80.4 Å². The zero-order valence-electron chi connectivity index (χ0n) is 34.1. The minimum atomic E-state index is -2.48. The molecule has 0 unspecified atom stereocenters. The average molecular weight is 779 g/mol. The number of rotatable bonds is 8. The lowest BCUT2D eigenvalue weighted by Gasteiger charge is -2.38. The number of nitrogen functional groups attached to an aromatic ring is 1. The van der Waals surface area contributed by atoms with Crippen LogP contribution in [0.1, 0.15) is 82.0 Å². The van der Waals surface area contributed by atoms with Crippen LogP contribution in [0.3, 0.4) is 0 Å². The normalized spacial score (nSPS) is 26.0. The summed E-state index contributed by atoms with van der Waals surface area (Å²) in [5, 5.41) is 0.467. The van der Waals surface area contributed by atoms with E-state index >= 15 is 17.6 Å². The van der Waals surface area contributed by atoms with E-state index in [1.807, 2.05) is 0 Å². The van der Waals surface area contributed by atoms with E-state index in [4.69, 9.17) is 13.2 Å². The maximum atomic E-state index is 17.4. The van der Waals surface area contributed by atoms with Gasteiger partial charge in [-0.15, -0.1) is 5.54 Å². The third kappa shape index (κ3) is 6.13. The lowest BCUT2D eigenvalue weighted by Crippen LogP contribution is -2.43. The third-order valence-corrected chi connectivity index (χ3v) is 19.1. The zero-order valence-corrected chi connectivity index (χ0v) is 33.1. The van der Waals surface area contributed by atoms with Gasteiger partial charge in [0.2, 0.25) is 0 Å². The first kappa shape index (κ1) is 35.4. The molecular formula is C42H49F5N6OSi. The maximum absolute atomic E-state index is 17.4. The third-order valence-electron chi connectivity index (χ3n) is 12.9. The molecule has 8 rings (SSSR count). The molecule has 4 fully saturated rings. The molecule has 55 heavy (non-hydrogen) atoms. The van der Waals surface area contributed by atoms with Gasteiger partial charge in [0.1, 0.15) is 44.0 Å². The molecule has 5 atom stereocenters. The van der Waals surface area contributed by atoms with Gasteiger partial charge in [-0.3, -0.25) is 9.88 Å². The van der Waals surface area contributed by atoms with E-state index in [0.717, 1.165) is 6.07 Å². The van der Waals surface area contributed by atoms with Gasteiger partial charge in [0.05, 0.1) is 25.3 Å². The molecule has 0 bridgehead atoms. The molecule has 0 amide bonds. The van der Waals surface area contributed by atoms with Crippen molar-refractivity contribution >= 4 is 41.3 Å². The molecule has 2 N–H and O–H groups in total. The van der Waals surface area contributed by atoms with Crippen molar-refractivity contribution in [1.29, 1.82) is 0 Å². The first-order chi connectivity index (χ1) is 26.9. The number of aromatic nitrogens is 3. The molecule has 13 heteroatoms. The monoisotopic (exact) mass is 778 g/mol. The number of hydrogen-bond acceptors (Lipinski definition) is 7. The number of alkyl halides is 2. The summed E-state index contributed by atoms with van der Waals surface area (Å²) in [5.74, 6) is -0.284. The molecule has 7 nitrogen and oxygen atoms in total. The van der Waals surface area contributed by atoms with E-state index in [1.165, 1.54) is 18.3 Å². The van der Waals surface area contributed by atoms with Crippen LogP contribution in [0.25, 0.3) is 32.9 Å². The van der Waals surface area contributed by atoms with Crippen molar-refractivity contribution in [2.75, 3.05) is 36.8 Å². The summed E-state index contributed by atoms with van der Waals surface area (Å²) in [6.45, 7) is 11.2. The van der Waals surface area contributed by atoms with Crippen LogP contribution in [0, 0.1) is 34.8 Å². The smallest absolute Gasteiger partial charge is 0.319 e. The van der Waals surface area contributed by atoms with Gasteiger partial charge in [0, 0.05) is 48.3 Å². The average Bonchev–Trinajstić information content (AvgIpc) is 3.43. The van der Waals surface area contributed by atoms with E-state index in [0.29, 0.717) is 38.8 Å². The van der Waals surface area contributed by atoms with Crippen LogP contribution in [0.5, 0.6) is 6.01 Å². The van der Waals surface area contributed by atoms with E-state index in [1.54, 1.807) is 9.80 Å². The van der Waals surface area contributed by atoms with Crippen LogP contribution in [0.15, 0.2) is 24.4 Å². The molecule has 5 heterocycles. The Morgan fingerprint density at radius 3 is 2.49 bits per heavy atom. The molecule has 0 radical (unpaired) electrons. The first-order valence-corrected chi connectivity index (χ1v) is 21.7. The first-order valence-electron chi connectivity index (χ1n) is 20.5. The summed E-state index contributed by atoms with van der Waals surface area (Å²) in [5.41, 5.74) is 8.51. The zero-order chi connectivity index (χ0) is 40.9. The summed E-state index contributed by atoms with van der Waals surface area (Å²) < 4.78 is 103. The number of ether oxygens (including phenoxy) is 1. The Kier molecular flexibility index (Phi) is 8.92. The van der Waals surface area contributed by atoms with Gasteiger partial charge in [0.15, 0.2) is 17.5 Å². The van der Waals surface area contributed by atoms with Crippen molar-refractivity contribution in [2.45, 2.75) is 114 Å². The maximum Gasteiger partial charge on any atom is 0.319 e. The van der Waals surface area contributed by atoms with Crippen LogP contribution in [0.4, 0.5) is 33.5 Å². The van der Waals surface area contributed by atoms with E-state index < -0.39 is 62.0 Å². The summed E-state index contributed by atoms with van der Waals surface area (Å²) in [6, 6.07) is 2.92. The predicted molar refractivity (Wildman–Crippen MR) is 210 cm³/mol. The summed E-state index contributed by atoms with van der Waals surface area (Å²) in [7, 11) is -2.45. The highest BCUT2D eigenvalue weighted by Gasteiger charge is 2.57. The largest absolute Gasteiger partial charge is 0.461 e. The van der Waals surface area contributed by atoms with Crippen molar-refractivity contribution < 1.29 is 29.4 Å². The Hall–Kier alpha value is -4.02. The molecule has 292 valence electrons. The van der Waals surface area contributed by atoms with Crippen molar-refractivity contribution in [3.63, 3.8) is 0 Å². The van der Waals surface area contributed by atoms with Crippen molar-refractivity contribution in [3.05, 3.63) is 47.4 Å². The number of anilines is 2. The molecule has 2 aromatic carbocycles. The number of nitrogens with two attached hydrogens (primary N) is 1. The summed E-state index contributed by atoms with van der Waals surface area (Å²) >= 11 is 0. The standard InChI is InChI=1S/C42H49F5N6OSi/c1-22(2)55(23(3)4,24(5)6)14-10-28-33-25(16-32(44)34(28)45)15-27(48)17-30(33)37-36(47)38-31(19-49-37)40(53-13-7-9-29-35(46)39(29)53)51-41(50-38)54-21-42-11-8-12-52(42)20-26(43)18-42/h15-17,19,22-24,26,29,35,39H,7-9,11-13,18,20-21,48H2,1-6H3/t26-,29-,35+,39-,42+/m1/s1/i21D2. The SMILES string of the molecule is [2H]C([2H])(Oc1nc(N2CCC[C@@H]3[C@H](F)[C@@H]32)c2cnc(-c3cc(N)cc4cc(F)c(F)c(C#C[Si](C(C)C)(C(C)C)C(C)C)c34)c(F)c2n1)[C@@]12CCCN1C[C@H](F)C2. The molecule has 1 aliphatic carbocycles. The van der Waals surface area contributed by atoms with Gasteiger partial charge in [-0.05, 0) is 72.4 Å². The van der Waals surface area contributed by atoms with Crippen LogP contribution >= 0.6 is 0 Å². The minimum Gasteiger partial charge on any atom is -0.461 e. The molecule has 3 aliphatic heterocycles. The number of fused-ring (bicyclic) bond motifs is 4. The van der Waals surface area contributed by atoms with E-state index in [-0.39, 0.29) is 85.5 Å². The number of benzene rings is 2. The van der Waals surface area contributed by atoms with Gasteiger partial charge in [-0.1, -0.05) is 47.5 Å². The summed E-state index contributed by atoms with van der Waals surface area (Å²) in [6.07, 6.45) is 1.26.